The molecule has 0 atom stereocenters. The van der Waals surface area contributed by atoms with Crippen molar-refractivity contribution in [2.45, 2.75) is 20.4 Å². The molecule has 2 aromatic rings. The van der Waals surface area contributed by atoms with Crippen molar-refractivity contribution in [2.24, 2.45) is 0 Å². The molecule has 8 heteroatoms. The van der Waals surface area contributed by atoms with Gasteiger partial charge in [-0.3, -0.25) is 0 Å². The number of nitrogens with one attached hydrogen (secondary N) is 1. The summed E-state index contributed by atoms with van der Waals surface area (Å²) < 4.78 is 1.59. The van der Waals surface area contributed by atoms with Gasteiger partial charge in [0.15, 0.2) is 5.82 Å². The Hall–Kier alpha value is -2.51. The molecule has 1 N–H and O–H groups in total. The molecule has 19 heavy (non-hydrogen) atoms. The summed E-state index contributed by atoms with van der Waals surface area (Å²) in [5.74, 6) is 1.16. The summed E-state index contributed by atoms with van der Waals surface area (Å²) in [5, 5.41) is 13.7. The Balaban J connectivity index is 2.19. The molecule has 0 radical (unpaired) electrons. The number of nitro groups is 1. The van der Waals surface area contributed by atoms with Crippen molar-refractivity contribution in [2.75, 3.05) is 11.9 Å². The van der Waals surface area contributed by atoms with Crippen molar-refractivity contribution >= 4 is 11.6 Å². The van der Waals surface area contributed by atoms with E-state index in [-0.39, 0.29) is 5.82 Å². The maximum absolute atomic E-state index is 10.5. The first-order chi connectivity index (χ1) is 9.08. The first-order valence-corrected chi connectivity index (χ1v) is 5.83. The molecule has 0 unspecified atom stereocenters. The van der Waals surface area contributed by atoms with Gasteiger partial charge in [0.2, 0.25) is 6.33 Å². The SMILES string of the molecule is CCNc1cc(C)nc(Cn2cnc([N+](=O)[O-])c2)n1. The number of aromatic nitrogens is 4. The van der Waals surface area contributed by atoms with Gasteiger partial charge < -0.3 is 20.0 Å². The molecule has 0 spiro atoms. The number of nitrogens with zero attached hydrogens (tertiary/aromatic N) is 5. The van der Waals surface area contributed by atoms with Gasteiger partial charge in [-0.2, -0.15) is 0 Å². The van der Waals surface area contributed by atoms with E-state index in [9.17, 15) is 10.1 Å². The van der Waals surface area contributed by atoms with Gasteiger partial charge >= 0.3 is 5.82 Å². The predicted octanol–water partition coefficient (Wildman–Crippen LogP) is 1.37. The second kappa shape index (κ2) is 5.42. The number of rotatable bonds is 5. The normalized spacial score (nSPS) is 10.4. The molecule has 0 aliphatic rings. The van der Waals surface area contributed by atoms with E-state index >= 15 is 0 Å². The molecule has 0 aliphatic carbocycles. The second-order valence-electron chi connectivity index (χ2n) is 4.00. The summed E-state index contributed by atoms with van der Waals surface area (Å²) in [5.41, 5.74) is 0.843. The highest BCUT2D eigenvalue weighted by Crippen LogP contribution is 2.10. The van der Waals surface area contributed by atoms with Crippen LogP contribution in [-0.4, -0.2) is 31.0 Å². The Labute approximate surface area is 109 Å². The van der Waals surface area contributed by atoms with E-state index in [4.69, 9.17) is 0 Å². The third kappa shape index (κ3) is 3.24. The van der Waals surface area contributed by atoms with Gasteiger partial charge in [-0.05, 0) is 23.8 Å². The fourth-order valence-electron chi connectivity index (χ4n) is 1.66. The zero-order valence-electron chi connectivity index (χ0n) is 10.7. The number of imidazole rings is 1. The maximum atomic E-state index is 10.5. The zero-order chi connectivity index (χ0) is 13.8. The van der Waals surface area contributed by atoms with Crippen molar-refractivity contribution in [1.82, 2.24) is 19.5 Å². The van der Waals surface area contributed by atoms with Crippen LogP contribution in [0.3, 0.4) is 0 Å². The molecule has 2 heterocycles. The number of anilines is 1. The Morgan fingerprint density at radius 1 is 1.47 bits per heavy atom. The summed E-state index contributed by atoms with van der Waals surface area (Å²) in [7, 11) is 0. The van der Waals surface area contributed by atoms with Crippen molar-refractivity contribution in [1.29, 1.82) is 0 Å². The molecule has 2 aromatic heterocycles. The summed E-state index contributed by atoms with van der Waals surface area (Å²) in [4.78, 5) is 22.3. The molecular formula is C11H14N6O2. The van der Waals surface area contributed by atoms with E-state index < -0.39 is 4.92 Å². The Morgan fingerprint density at radius 2 is 2.26 bits per heavy atom. The lowest BCUT2D eigenvalue weighted by molar-refractivity contribution is -0.389. The fourth-order valence-corrected chi connectivity index (χ4v) is 1.66. The smallest absolute Gasteiger partial charge is 0.370 e. The molecule has 0 amide bonds. The van der Waals surface area contributed by atoms with Crippen LogP contribution in [0.25, 0.3) is 0 Å². The first-order valence-electron chi connectivity index (χ1n) is 5.83. The predicted molar refractivity (Wildman–Crippen MR) is 68.9 cm³/mol. The lowest BCUT2D eigenvalue weighted by Gasteiger charge is -2.06. The molecule has 0 fully saturated rings. The van der Waals surface area contributed by atoms with Crippen LogP contribution in [-0.2, 0) is 6.54 Å². The topological polar surface area (TPSA) is 98.8 Å². The van der Waals surface area contributed by atoms with Crippen LogP contribution in [0.2, 0.25) is 0 Å². The number of hydrogen-bond donors (Lipinski definition) is 1. The standard InChI is InChI=1S/C11H14N6O2/c1-3-12-9-4-8(2)14-10(15-9)5-16-6-11(13-7-16)17(18)19/h4,6-7H,3,5H2,1-2H3,(H,12,14,15). The minimum Gasteiger partial charge on any atom is -0.370 e. The van der Waals surface area contributed by atoms with Crippen LogP contribution >= 0.6 is 0 Å². The van der Waals surface area contributed by atoms with E-state index in [1.165, 1.54) is 12.5 Å². The van der Waals surface area contributed by atoms with Crippen LogP contribution in [0, 0.1) is 17.0 Å². The lowest BCUT2D eigenvalue weighted by atomic mass is 10.4. The number of hydrogen-bond acceptors (Lipinski definition) is 6. The Bertz CT molecular complexity index is 595. The average Bonchev–Trinajstić information content (AvgIpc) is 2.77. The van der Waals surface area contributed by atoms with Crippen molar-refractivity contribution < 1.29 is 4.92 Å². The summed E-state index contributed by atoms with van der Waals surface area (Å²) in [6.45, 7) is 4.98. The van der Waals surface area contributed by atoms with Gasteiger partial charge in [-0.15, -0.1) is 0 Å². The highest BCUT2D eigenvalue weighted by Gasteiger charge is 2.11. The maximum Gasteiger partial charge on any atom is 0.381 e. The fraction of sp³-hybridized carbons (Fsp3) is 0.364. The van der Waals surface area contributed by atoms with E-state index in [2.05, 4.69) is 20.3 Å². The summed E-state index contributed by atoms with van der Waals surface area (Å²) >= 11 is 0. The van der Waals surface area contributed by atoms with Crippen LogP contribution in [0.15, 0.2) is 18.6 Å². The summed E-state index contributed by atoms with van der Waals surface area (Å²) in [6.07, 6.45) is 2.76. The molecule has 0 aromatic carbocycles. The van der Waals surface area contributed by atoms with Crippen molar-refractivity contribution in [3.63, 3.8) is 0 Å². The summed E-state index contributed by atoms with van der Waals surface area (Å²) in [6, 6.07) is 1.85. The molecule has 8 nitrogen and oxygen atoms in total. The van der Waals surface area contributed by atoms with Crippen LogP contribution in [0.4, 0.5) is 11.6 Å². The van der Waals surface area contributed by atoms with E-state index in [1.807, 2.05) is 19.9 Å². The van der Waals surface area contributed by atoms with Gasteiger partial charge in [-0.1, -0.05) is 0 Å². The average molecular weight is 262 g/mol. The minimum atomic E-state index is -0.530. The molecular weight excluding hydrogens is 248 g/mol. The highest BCUT2D eigenvalue weighted by atomic mass is 16.6. The highest BCUT2D eigenvalue weighted by molar-refractivity contribution is 5.35. The van der Waals surface area contributed by atoms with Gasteiger partial charge in [0, 0.05) is 18.3 Å². The number of aryl methyl sites for hydroxylation is 1. The zero-order valence-corrected chi connectivity index (χ0v) is 10.7. The largest absolute Gasteiger partial charge is 0.381 e. The Morgan fingerprint density at radius 3 is 2.89 bits per heavy atom. The van der Waals surface area contributed by atoms with Crippen LogP contribution in [0.5, 0.6) is 0 Å². The monoisotopic (exact) mass is 262 g/mol. The second-order valence-corrected chi connectivity index (χ2v) is 4.00. The van der Waals surface area contributed by atoms with Crippen molar-refractivity contribution in [3.8, 4) is 0 Å². The lowest BCUT2D eigenvalue weighted by Crippen LogP contribution is -2.07. The molecule has 0 bridgehead atoms. The van der Waals surface area contributed by atoms with Crippen molar-refractivity contribution in [3.05, 3.63) is 40.2 Å². The molecule has 100 valence electrons. The minimum absolute atomic E-state index is 0.181. The first kappa shape index (κ1) is 12.9. The van der Waals surface area contributed by atoms with Gasteiger partial charge in [0.05, 0.1) is 6.54 Å². The van der Waals surface area contributed by atoms with E-state index in [1.54, 1.807) is 4.57 Å². The molecule has 0 saturated carbocycles. The van der Waals surface area contributed by atoms with Crippen LogP contribution < -0.4 is 5.32 Å². The quantitative estimate of drug-likeness (QED) is 0.645. The van der Waals surface area contributed by atoms with E-state index in [0.717, 1.165) is 18.1 Å². The van der Waals surface area contributed by atoms with E-state index in [0.29, 0.717) is 12.4 Å². The van der Waals surface area contributed by atoms with Gasteiger partial charge in [0.1, 0.15) is 12.0 Å². The third-order valence-corrected chi connectivity index (χ3v) is 2.39. The van der Waals surface area contributed by atoms with Gasteiger partial charge in [0.25, 0.3) is 0 Å². The third-order valence-electron chi connectivity index (χ3n) is 2.39. The molecule has 0 aliphatic heterocycles. The molecule has 0 saturated heterocycles. The van der Waals surface area contributed by atoms with Gasteiger partial charge in [-0.25, -0.2) is 9.97 Å². The molecule has 2 rings (SSSR count). The Kier molecular flexibility index (Phi) is 3.69. The van der Waals surface area contributed by atoms with Crippen LogP contribution in [0.1, 0.15) is 18.4 Å².